The molecule has 32 heavy (non-hydrogen) atoms. The minimum atomic E-state index is -4.51. The molecule has 0 aliphatic heterocycles. The molecule has 164 valence electrons. The van der Waals surface area contributed by atoms with E-state index >= 15 is 0 Å². The summed E-state index contributed by atoms with van der Waals surface area (Å²) in [4.78, 5) is 20.6. The average Bonchev–Trinajstić information content (AvgIpc) is 3.21. The van der Waals surface area contributed by atoms with Gasteiger partial charge in [-0.25, -0.2) is 14.8 Å². The molecule has 0 aliphatic carbocycles. The lowest BCUT2D eigenvalue weighted by molar-refractivity contribution is -0.137. The van der Waals surface area contributed by atoms with Gasteiger partial charge in [0.05, 0.1) is 48.6 Å². The van der Waals surface area contributed by atoms with E-state index in [1.54, 1.807) is 42.0 Å². The zero-order valence-corrected chi connectivity index (χ0v) is 17.4. The quantitative estimate of drug-likeness (QED) is 0.407. The fourth-order valence-corrected chi connectivity index (χ4v) is 3.49. The largest absolute Gasteiger partial charge is 0.496 e. The molecule has 0 spiro atoms. The molecule has 4 rings (SSSR count). The van der Waals surface area contributed by atoms with Gasteiger partial charge in [-0.05, 0) is 37.3 Å². The molecular formula is C23H18F3N3O3. The highest BCUT2D eigenvalue weighted by atomic mass is 19.4. The summed E-state index contributed by atoms with van der Waals surface area (Å²) in [6.07, 6.45) is -1.51. The van der Waals surface area contributed by atoms with Crippen LogP contribution in [-0.4, -0.2) is 34.7 Å². The summed E-state index contributed by atoms with van der Waals surface area (Å²) >= 11 is 0. The summed E-state index contributed by atoms with van der Waals surface area (Å²) < 4.78 is 52.1. The normalized spacial score (nSPS) is 11.6. The van der Waals surface area contributed by atoms with Gasteiger partial charge in [0.1, 0.15) is 5.75 Å². The maximum Gasteiger partial charge on any atom is 0.416 e. The Labute approximate surface area is 181 Å². The highest BCUT2D eigenvalue weighted by Gasteiger charge is 2.31. The lowest BCUT2D eigenvalue weighted by Crippen LogP contribution is -2.08. The van der Waals surface area contributed by atoms with Crippen molar-refractivity contribution in [2.75, 3.05) is 14.2 Å². The van der Waals surface area contributed by atoms with Crippen molar-refractivity contribution in [1.29, 1.82) is 0 Å². The number of aryl methyl sites for hydroxylation is 1. The number of aromatic nitrogens is 3. The zero-order valence-electron chi connectivity index (χ0n) is 17.4. The molecule has 2 aromatic carbocycles. The van der Waals surface area contributed by atoms with Crippen LogP contribution < -0.4 is 4.74 Å². The molecule has 2 aromatic heterocycles. The molecule has 0 amide bonds. The van der Waals surface area contributed by atoms with E-state index in [0.717, 1.165) is 12.1 Å². The van der Waals surface area contributed by atoms with Crippen molar-refractivity contribution < 1.29 is 27.4 Å². The molecule has 0 radical (unpaired) electrons. The van der Waals surface area contributed by atoms with Crippen LogP contribution in [0.4, 0.5) is 13.2 Å². The van der Waals surface area contributed by atoms with E-state index in [-0.39, 0.29) is 5.69 Å². The van der Waals surface area contributed by atoms with Crippen LogP contribution in [0.3, 0.4) is 0 Å². The molecule has 6 nitrogen and oxygen atoms in total. The Morgan fingerprint density at radius 2 is 1.84 bits per heavy atom. The standard InChI is InChI=1S/C23H18F3N3O3/c1-13-11-27-12-29(13)20-9-15(23(24,25)26)5-7-16(20)19-10-21(31-2)17-6-4-14(22(30)32-3)8-18(17)28-19/h4-12H,1-3H3. The van der Waals surface area contributed by atoms with E-state index in [0.29, 0.717) is 39.2 Å². The Bertz CT molecular complexity index is 1330. The van der Waals surface area contributed by atoms with Gasteiger partial charge in [-0.15, -0.1) is 0 Å². The Hall–Kier alpha value is -3.88. The molecule has 9 heteroatoms. The first-order valence-corrected chi connectivity index (χ1v) is 9.51. The third kappa shape index (κ3) is 3.77. The van der Waals surface area contributed by atoms with Gasteiger partial charge in [-0.2, -0.15) is 13.2 Å². The number of fused-ring (bicyclic) bond motifs is 1. The maximum atomic E-state index is 13.4. The number of benzene rings is 2. The summed E-state index contributed by atoms with van der Waals surface area (Å²) in [7, 11) is 2.76. The number of pyridine rings is 1. The summed E-state index contributed by atoms with van der Waals surface area (Å²) in [6, 6.07) is 9.93. The van der Waals surface area contributed by atoms with Crippen molar-refractivity contribution in [3.63, 3.8) is 0 Å². The molecular weight excluding hydrogens is 423 g/mol. The van der Waals surface area contributed by atoms with Crippen molar-refractivity contribution in [3.05, 3.63) is 71.8 Å². The van der Waals surface area contributed by atoms with Crippen LogP contribution in [0.1, 0.15) is 21.6 Å². The topological polar surface area (TPSA) is 66.2 Å². The fraction of sp³-hybridized carbons (Fsp3) is 0.174. The first-order valence-electron chi connectivity index (χ1n) is 9.51. The summed E-state index contributed by atoms with van der Waals surface area (Å²) in [5.41, 5.74) is 1.71. The van der Waals surface area contributed by atoms with Crippen LogP contribution in [0.2, 0.25) is 0 Å². The summed E-state index contributed by atoms with van der Waals surface area (Å²) in [6.45, 7) is 1.74. The molecule has 0 saturated carbocycles. The first kappa shape index (κ1) is 21.4. The number of rotatable bonds is 4. The molecule has 0 atom stereocenters. The van der Waals surface area contributed by atoms with Gasteiger partial charge in [0.15, 0.2) is 0 Å². The Morgan fingerprint density at radius 3 is 2.47 bits per heavy atom. The van der Waals surface area contributed by atoms with Gasteiger partial charge < -0.3 is 14.0 Å². The number of ether oxygens (including phenoxy) is 2. The summed E-state index contributed by atoms with van der Waals surface area (Å²) in [5.74, 6) is -0.0584. The minimum absolute atomic E-state index is 0.271. The third-order valence-electron chi connectivity index (χ3n) is 5.10. The number of alkyl halides is 3. The predicted octanol–water partition coefficient (Wildman–Crippen LogP) is 5.21. The van der Waals surface area contributed by atoms with Crippen molar-refractivity contribution in [2.24, 2.45) is 0 Å². The van der Waals surface area contributed by atoms with Crippen LogP contribution in [0.15, 0.2) is 55.0 Å². The number of esters is 1. The molecule has 0 saturated heterocycles. The number of carbonyl (C=O) groups is 1. The van der Waals surface area contributed by atoms with Crippen LogP contribution in [0.25, 0.3) is 27.8 Å². The predicted molar refractivity (Wildman–Crippen MR) is 112 cm³/mol. The van der Waals surface area contributed by atoms with Gasteiger partial charge >= 0.3 is 12.1 Å². The number of methoxy groups -OCH3 is 2. The second-order valence-electron chi connectivity index (χ2n) is 7.07. The fourth-order valence-electron chi connectivity index (χ4n) is 3.49. The highest BCUT2D eigenvalue weighted by Crippen LogP contribution is 2.37. The maximum absolute atomic E-state index is 13.4. The smallest absolute Gasteiger partial charge is 0.416 e. The van der Waals surface area contributed by atoms with Gasteiger partial charge in [-0.3, -0.25) is 0 Å². The second kappa shape index (κ2) is 7.99. The number of hydrogen-bond donors (Lipinski definition) is 0. The van der Waals surface area contributed by atoms with Crippen molar-refractivity contribution in [3.8, 4) is 22.7 Å². The van der Waals surface area contributed by atoms with E-state index in [1.165, 1.54) is 26.6 Å². The molecule has 0 aliphatic rings. The lowest BCUT2D eigenvalue weighted by atomic mass is 10.0. The summed E-state index contributed by atoms with van der Waals surface area (Å²) in [5, 5.41) is 0.649. The van der Waals surface area contributed by atoms with E-state index < -0.39 is 17.7 Å². The van der Waals surface area contributed by atoms with Crippen LogP contribution in [0.5, 0.6) is 5.75 Å². The zero-order chi connectivity index (χ0) is 23.0. The highest BCUT2D eigenvalue weighted by molar-refractivity contribution is 5.97. The minimum Gasteiger partial charge on any atom is -0.496 e. The van der Waals surface area contributed by atoms with Crippen LogP contribution >= 0.6 is 0 Å². The molecule has 0 N–H and O–H groups in total. The van der Waals surface area contributed by atoms with E-state index in [2.05, 4.69) is 9.97 Å². The van der Waals surface area contributed by atoms with Gasteiger partial charge in [0.2, 0.25) is 0 Å². The number of hydrogen-bond acceptors (Lipinski definition) is 5. The Balaban J connectivity index is 1.99. The van der Waals surface area contributed by atoms with E-state index in [1.807, 2.05) is 0 Å². The SMILES string of the molecule is COC(=O)c1ccc2c(OC)cc(-c3ccc(C(F)(F)F)cc3-n3cncc3C)nc2c1. The van der Waals surface area contributed by atoms with Gasteiger partial charge in [0.25, 0.3) is 0 Å². The molecule has 2 heterocycles. The molecule has 0 unspecified atom stereocenters. The van der Waals surface area contributed by atoms with Crippen molar-refractivity contribution in [1.82, 2.24) is 14.5 Å². The average molecular weight is 441 g/mol. The van der Waals surface area contributed by atoms with E-state index in [4.69, 9.17) is 9.47 Å². The number of carbonyl (C=O) groups excluding carboxylic acids is 1. The Morgan fingerprint density at radius 1 is 1.06 bits per heavy atom. The third-order valence-corrected chi connectivity index (χ3v) is 5.10. The Kier molecular flexibility index (Phi) is 5.33. The number of halogens is 3. The molecule has 0 fully saturated rings. The van der Waals surface area contributed by atoms with Crippen LogP contribution in [-0.2, 0) is 10.9 Å². The number of imidazole rings is 1. The van der Waals surface area contributed by atoms with Gasteiger partial charge in [-0.1, -0.05) is 6.07 Å². The first-order chi connectivity index (χ1) is 15.2. The molecule has 4 aromatic rings. The monoisotopic (exact) mass is 441 g/mol. The van der Waals surface area contributed by atoms with Gasteiger partial charge in [0, 0.05) is 28.9 Å². The second-order valence-corrected chi connectivity index (χ2v) is 7.07. The number of nitrogens with zero attached hydrogens (tertiary/aromatic N) is 3. The van der Waals surface area contributed by atoms with Crippen LogP contribution in [0, 0.1) is 6.92 Å². The lowest BCUT2D eigenvalue weighted by Gasteiger charge is -2.16. The van der Waals surface area contributed by atoms with Crippen molar-refractivity contribution in [2.45, 2.75) is 13.1 Å². The molecule has 0 bridgehead atoms. The van der Waals surface area contributed by atoms with Crippen molar-refractivity contribution >= 4 is 16.9 Å². The van der Waals surface area contributed by atoms with E-state index in [9.17, 15) is 18.0 Å².